The lowest BCUT2D eigenvalue weighted by Gasteiger charge is -2.09. The third-order valence-electron chi connectivity index (χ3n) is 3.85. The molecular formula is C19H17FN4O. The number of anilines is 1. The average molecular weight is 336 g/mol. The van der Waals surface area contributed by atoms with Crippen molar-refractivity contribution < 1.29 is 9.18 Å². The lowest BCUT2D eigenvalue weighted by atomic mass is 10.1. The monoisotopic (exact) mass is 336 g/mol. The number of aryl methyl sites for hydroxylation is 1. The topological polar surface area (TPSA) is 80.9 Å². The molecule has 1 heterocycles. The predicted molar refractivity (Wildman–Crippen MR) is 94.2 cm³/mol. The largest absolute Gasteiger partial charge is 0.383 e. The number of hydrogen-bond donors (Lipinski definition) is 2. The zero-order chi connectivity index (χ0) is 17.8. The van der Waals surface area contributed by atoms with E-state index >= 15 is 0 Å². The van der Waals surface area contributed by atoms with Gasteiger partial charge in [-0.1, -0.05) is 36.4 Å². The van der Waals surface area contributed by atoms with E-state index in [1.165, 1.54) is 18.3 Å². The van der Waals surface area contributed by atoms with Crippen molar-refractivity contribution >= 4 is 11.7 Å². The summed E-state index contributed by atoms with van der Waals surface area (Å²) in [7, 11) is 0. The highest BCUT2D eigenvalue weighted by atomic mass is 19.1. The first-order valence-electron chi connectivity index (χ1n) is 7.76. The molecule has 0 radical (unpaired) electrons. The van der Waals surface area contributed by atoms with E-state index in [0.29, 0.717) is 12.1 Å². The Morgan fingerprint density at radius 2 is 2.00 bits per heavy atom. The van der Waals surface area contributed by atoms with Crippen molar-refractivity contribution in [1.29, 1.82) is 0 Å². The van der Waals surface area contributed by atoms with Crippen molar-refractivity contribution in [3.8, 4) is 11.4 Å². The number of benzene rings is 2. The first-order valence-corrected chi connectivity index (χ1v) is 7.76. The normalized spacial score (nSPS) is 10.5. The molecule has 3 aromatic rings. The van der Waals surface area contributed by atoms with Crippen LogP contribution in [0.15, 0.2) is 54.7 Å². The minimum absolute atomic E-state index is 0.0524. The van der Waals surface area contributed by atoms with Crippen molar-refractivity contribution in [3.63, 3.8) is 0 Å². The molecule has 5 nitrogen and oxygen atoms in total. The van der Waals surface area contributed by atoms with Crippen molar-refractivity contribution in [2.75, 3.05) is 5.73 Å². The molecule has 0 aliphatic rings. The van der Waals surface area contributed by atoms with Gasteiger partial charge in [-0.05, 0) is 30.2 Å². The lowest BCUT2D eigenvalue weighted by molar-refractivity contribution is 0.0951. The standard InChI is InChI=1S/C19H17FN4O/c1-12-5-2-3-6-14(12)10-23-19(25)16-11-22-18(24-17(16)21)13-7-4-8-15(20)9-13/h2-9,11H,10H2,1H3,(H,23,25)(H2,21,22,24). The highest BCUT2D eigenvalue weighted by Gasteiger charge is 2.13. The molecule has 0 spiro atoms. The molecule has 3 N–H and O–H groups in total. The summed E-state index contributed by atoms with van der Waals surface area (Å²) < 4.78 is 13.3. The van der Waals surface area contributed by atoms with Gasteiger partial charge in [-0.25, -0.2) is 14.4 Å². The maximum Gasteiger partial charge on any atom is 0.256 e. The summed E-state index contributed by atoms with van der Waals surface area (Å²) >= 11 is 0. The number of nitrogens with two attached hydrogens (primary N) is 1. The first kappa shape index (κ1) is 16.6. The van der Waals surface area contributed by atoms with Crippen molar-refractivity contribution in [3.05, 3.63) is 77.2 Å². The van der Waals surface area contributed by atoms with Crippen LogP contribution in [0.2, 0.25) is 0 Å². The second-order valence-corrected chi connectivity index (χ2v) is 5.61. The Morgan fingerprint density at radius 1 is 1.20 bits per heavy atom. The van der Waals surface area contributed by atoms with Crippen LogP contribution in [0.25, 0.3) is 11.4 Å². The smallest absolute Gasteiger partial charge is 0.256 e. The lowest BCUT2D eigenvalue weighted by Crippen LogP contribution is -2.25. The van der Waals surface area contributed by atoms with E-state index in [1.54, 1.807) is 12.1 Å². The second-order valence-electron chi connectivity index (χ2n) is 5.61. The fourth-order valence-corrected chi connectivity index (χ4v) is 2.42. The van der Waals surface area contributed by atoms with Gasteiger partial charge in [0.15, 0.2) is 5.82 Å². The Bertz CT molecular complexity index is 927. The van der Waals surface area contributed by atoms with Crippen LogP contribution in [0.1, 0.15) is 21.5 Å². The van der Waals surface area contributed by atoms with Crippen molar-refractivity contribution in [1.82, 2.24) is 15.3 Å². The van der Waals surface area contributed by atoms with E-state index in [1.807, 2.05) is 31.2 Å². The van der Waals surface area contributed by atoms with E-state index < -0.39 is 0 Å². The Labute approximate surface area is 144 Å². The second kappa shape index (κ2) is 7.09. The summed E-state index contributed by atoms with van der Waals surface area (Å²) in [5, 5.41) is 2.81. The summed E-state index contributed by atoms with van der Waals surface area (Å²) in [4.78, 5) is 20.6. The predicted octanol–water partition coefficient (Wildman–Crippen LogP) is 3.10. The molecule has 6 heteroatoms. The van der Waals surface area contributed by atoms with Gasteiger partial charge in [0.05, 0.1) is 5.56 Å². The molecule has 1 amide bonds. The van der Waals surface area contributed by atoms with E-state index in [0.717, 1.165) is 11.1 Å². The zero-order valence-electron chi connectivity index (χ0n) is 13.7. The van der Waals surface area contributed by atoms with Crippen LogP contribution in [-0.4, -0.2) is 15.9 Å². The molecular weight excluding hydrogens is 319 g/mol. The summed E-state index contributed by atoms with van der Waals surface area (Å²) in [6.07, 6.45) is 1.36. The van der Waals surface area contributed by atoms with Gasteiger partial charge in [0.2, 0.25) is 0 Å². The number of amides is 1. The molecule has 0 atom stereocenters. The third-order valence-corrected chi connectivity index (χ3v) is 3.85. The van der Waals surface area contributed by atoms with E-state index in [2.05, 4.69) is 15.3 Å². The Kier molecular flexibility index (Phi) is 4.70. The molecule has 126 valence electrons. The van der Waals surface area contributed by atoms with Gasteiger partial charge < -0.3 is 11.1 Å². The number of hydrogen-bond acceptors (Lipinski definition) is 4. The summed E-state index contributed by atoms with van der Waals surface area (Å²) in [5.74, 6) is -0.421. The van der Waals surface area contributed by atoms with Crippen molar-refractivity contribution in [2.24, 2.45) is 0 Å². The Morgan fingerprint density at radius 3 is 2.72 bits per heavy atom. The molecule has 0 saturated carbocycles. The minimum Gasteiger partial charge on any atom is -0.383 e. The van der Waals surface area contributed by atoms with E-state index in [-0.39, 0.29) is 28.9 Å². The zero-order valence-corrected chi connectivity index (χ0v) is 13.7. The van der Waals surface area contributed by atoms with Crippen LogP contribution in [0.5, 0.6) is 0 Å². The maximum atomic E-state index is 13.3. The van der Waals surface area contributed by atoms with Gasteiger partial charge in [-0.2, -0.15) is 0 Å². The summed E-state index contributed by atoms with van der Waals surface area (Å²) in [6.45, 7) is 2.36. The van der Waals surface area contributed by atoms with Crippen LogP contribution in [0.4, 0.5) is 10.2 Å². The quantitative estimate of drug-likeness (QED) is 0.767. The van der Waals surface area contributed by atoms with Crippen LogP contribution < -0.4 is 11.1 Å². The Balaban J connectivity index is 1.76. The number of carbonyl (C=O) groups excluding carboxylic acids is 1. The fourth-order valence-electron chi connectivity index (χ4n) is 2.42. The number of nitrogen functional groups attached to an aromatic ring is 1. The molecule has 25 heavy (non-hydrogen) atoms. The highest BCUT2D eigenvalue weighted by Crippen LogP contribution is 2.18. The molecule has 0 bridgehead atoms. The molecule has 2 aromatic carbocycles. The third kappa shape index (κ3) is 3.80. The molecule has 0 unspecified atom stereocenters. The minimum atomic E-state index is -0.389. The van der Waals surface area contributed by atoms with Gasteiger partial charge in [0.1, 0.15) is 11.6 Å². The summed E-state index contributed by atoms with van der Waals surface area (Å²) in [6, 6.07) is 13.7. The van der Waals surface area contributed by atoms with Crippen LogP contribution in [0.3, 0.4) is 0 Å². The highest BCUT2D eigenvalue weighted by molar-refractivity contribution is 5.98. The van der Waals surface area contributed by atoms with E-state index in [4.69, 9.17) is 5.73 Å². The fraction of sp³-hybridized carbons (Fsp3) is 0.105. The summed E-state index contributed by atoms with van der Waals surface area (Å²) in [5.41, 5.74) is 8.69. The molecule has 3 rings (SSSR count). The number of halogens is 1. The van der Waals surface area contributed by atoms with Crippen LogP contribution >= 0.6 is 0 Å². The van der Waals surface area contributed by atoms with Gasteiger partial charge in [0, 0.05) is 18.3 Å². The molecule has 0 saturated heterocycles. The van der Waals surface area contributed by atoms with Crippen LogP contribution in [-0.2, 0) is 6.54 Å². The number of nitrogens with one attached hydrogen (secondary N) is 1. The maximum absolute atomic E-state index is 13.3. The van der Waals surface area contributed by atoms with Crippen LogP contribution in [0, 0.1) is 12.7 Å². The molecule has 0 fully saturated rings. The number of carbonyl (C=O) groups is 1. The number of rotatable bonds is 4. The first-order chi connectivity index (χ1) is 12.0. The van der Waals surface area contributed by atoms with Gasteiger partial charge in [-0.15, -0.1) is 0 Å². The number of aromatic nitrogens is 2. The van der Waals surface area contributed by atoms with E-state index in [9.17, 15) is 9.18 Å². The van der Waals surface area contributed by atoms with Gasteiger partial charge in [-0.3, -0.25) is 4.79 Å². The SMILES string of the molecule is Cc1ccccc1CNC(=O)c1cnc(-c2cccc(F)c2)nc1N. The average Bonchev–Trinajstić information content (AvgIpc) is 2.60. The number of nitrogens with zero attached hydrogens (tertiary/aromatic N) is 2. The molecule has 1 aromatic heterocycles. The van der Waals surface area contributed by atoms with Gasteiger partial charge in [0.25, 0.3) is 5.91 Å². The Hall–Kier alpha value is -3.28. The van der Waals surface area contributed by atoms with Gasteiger partial charge >= 0.3 is 0 Å². The molecule has 0 aliphatic carbocycles. The van der Waals surface area contributed by atoms with Crippen molar-refractivity contribution in [2.45, 2.75) is 13.5 Å². The molecule has 0 aliphatic heterocycles.